The maximum Gasteiger partial charge on any atom is 0.247 e. The lowest BCUT2D eigenvalue weighted by Gasteiger charge is -2.15. The van der Waals surface area contributed by atoms with Gasteiger partial charge in [0.1, 0.15) is 0 Å². The van der Waals surface area contributed by atoms with Crippen LogP contribution in [0.3, 0.4) is 0 Å². The van der Waals surface area contributed by atoms with Crippen LogP contribution in [0.2, 0.25) is 0 Å². The molecule has 0 aliphatic carbocycles. The summed E-state index contributed by atoms with van der Waals surface area (Å²) in [5, 5.41) is 17.8. The topological polar surface area (TPSA) is 62.4 Å². The molecule has 0 amide bonds. The summed E-state index contributed by atoms with van der Waals surface area (Å²) < 4.78 is 6.75. The average Bonchev–Trinajstić information content (AvgIpc) is 3.10. The molecular formula is C15H18BrN3O2. The lowest BCUT2D eigenvalue weighted by Crippen LogP contribution is -2.24. The fourth-order valence-electron chi connectivity index (χ4n) is 2.62. The molecule has 3 rings (SSSR count). The highest BCUT2D eigenvalue weighted by Gasteiger charge is 2.27. The van der Waals surface area contributed by atoms with Crippen molar-refractivity contribution in [1.29, 1.82) is 0 Å². The van der Waals surface area contributed by atoms with Crippen LogP contribution in [-0.2, 0) is 6.54 Å². The summed E-state index contributed by atoms with van der Waals surface area (Å²) in [5.74, 6) is 1.52. The molecule has 2 unspecified atom stereocenters. The van der Waals surface area contributed by atoms with E-state index in [1.165, 1.54) is 0 Å². The number of benzene rings is 1. The van der Waals surface area contributed by atoms with Crippen LogP contribution in [0.5, 0.6) is 0 Å². The highest BCUT2D eigenvalue weighted by atomic mass is 79.9. The van der Waals surface area contributed by atoms with Gasteiger partial charge in [-0.3, -0.25) is 4.90 Å². The Morgan fingerprint density at radius 3 is 2.81 bits per heavy atom. The van der Waals surface area contributed by atoms with E-state index < -0.39 is 0 Å². The van der Waals surface area contributed by atoms with Gasteiger partial charge in [-0.1, -0.05) is 15.9 Å². The monoisotopic (exact) mass is 351 g/mol. The zero-order chi connectivity index (χ0) is 14.8. The van der Waals surface area contributed by atoms with Crippen LogP contribution in [0.15, 0.2) is 33.2 Å². The van der Waals surface area contributed by atoms with E-state index in [0.29, 0.717) is 24.2 Å². The van der Waals surface area contributed by atoms with Gasteiger partial charge in [-0.05, 0) is 50.1 Å². The molecule has 1 aliphatic rings. The average molecular weight is 352 g/mol. The predicted octanol–water partition coefficient (Wildman–Crippen LogP) is 2.70. The molecule has 1 saturated heterocycles. The van der Waals surface area contributed by atoms with Crippen LogP contribution in [0, 0.1) is 5.92 Å². The molecule has 21 heavy (non-hydrogen) atoms. The number of likely N-dealkylation sites (tertiary alicyclic amines) is 1. The van der Waals surface area contributed by atoms with Crippen molar-refractivity contribution in [2.45, 2.75) is 26.0 Å². The van der Waals surface area contributed by atoms with E-state index in [9.17, 15) is 5.11 Å². The Morgan fingerprint density at radius 1 is 1.38 bits per heavy atom. The minimum atomic E-state index is -0.254. The third-order valence-corrected chi connectivity index (χ3v) is 4.44. The predicted molar refractivity (Wildman–Crippen MR) is 82.5 cm³/mol. The molecule has 0 radical (unpaired) electrons. The van der Waals surface area contributed by atoms with Gasteiger partial charge < -0.3 is 9.52 Å². The first-order chi connectivity index (χ1) is 10.1. The Balaban J connectivity index is 1.64. The minimum Gasteiger partial charge on any atom is -0.419 e. The summed E-state index contributed by atoms with van der Waals surface area (Å²) in [6.45, 7) is 4.35. The van der Waals surface area contributed by atoms with Gasteiger partial charge >= 0.3 is 0 Å². The van der Waals surface area contributed by atoms with Gasteiger partial charge in [-0.2, -0.15) is 0 Å². The molecule has 6 heteroatoms. The van der Waals surface area contributed by atoms with Crippen molar-refractivity contribution in [3.63, 3.8) is 0 Å². The van der Waals surface area contributed by atoms with Crippen molar-refractivity contribution in [2.75, 3.05) is 13.1 Å². The Morgan fingerprint density at radius 2 is 2.14 bits per heavy atom. The molecule has 112 valence electrons. The van der Waals surface area contributed by atoms with Crippen molar-refractivity contribution in [2.24, 2.45) is 5.92 Å². The zero-order valence-corrected chi connectivity index (χ0v) is 13.5. The molecule has 1 aliphatic heterocycles. The molecule has 1 fully saturated rings. The second-order valence-electron chi connectivity index (χ2n) is 5.53. The quantitative estimate of drug-likeness (QED) is 0.917. The summed E-state index contributed by atoms with van der Waals surface area (Å²) in [7, 11) is 0. The summed E-state index contributed by atoms with van der Waals surface area (Å²) in [6, 6.07) is 7.79. The third kappa shape index (κ3) is 3.51. The Labute approximate surface area is 132 Å². The van der Waals surface area contributed by atoms with Gasteiger partial charge in [-0.15, -0.1) is 10.2 Å². The Kier molecular flexibility index (Phi) is 4.37. The van der Waals surface area contributed by atoms with Crippen molar-refractivity contribution in [3.05, 3.63) is 34.6 Å². The second kappa shape index (κ2) is 6.25. The van der Waals surface area contributed by atoms with E-state index in [4.69, 9.17) is 4.42 Å². The summed E-state index contributed by atoms with van der Waals surface area (Å²) >= 11 is 3.41. The van der Waals surface area contributed by atoms with Gasteiger partial charge in [0.05, 0.1) is 12.6 Å². The smallest absolute Gasteiger partial charge is 0.247 e. The standard InChI is InChI=1S/C15H18BrN3O2/c1-10(20)12-6-7-19(8-12)9-14-17-18-15(21-14)11-2-4-13(16)5-3-11/h2-5,10,12,20H,6-9H2,1H3. The van der Waals surface area contributed by atoms with Gasteiger partial charge in [-0.25, -0.2) is 0 Å². The summed E-state index contributed by atoms with van der Waals surface area (Å²) in [4.78, 5) is 2.25. The van der Waals surface area contributed by atoms with Crippen LogP contribution >= 0.6 is 15.9 Å². The van der Waals surface area contributed by atoms with E-state index in [0.717, 1.165) is 29.5 Å². The Bertz CT molecular complexity index is 597. The maximum absolute atomic E-state index is 9.63. The molecular weight excluding hydrogens is 334 g/mol. The number of nitrogens with zero attached hydrogens (tertiary/aromatic N) is 3. The van der Waals surface area contributed by atoms with E-state index in [1.54, 1.807) is 0 Å². The Hall–Kier alpha value is -1.24. The largest absolute Gasteiger partial charge is 0.419 e. The van der Waals surface area contributed by atoms with E-state index >= 15 is 0 Å². The number of hydrogen-bond acceptors (Lipinski definition) is 5. The van der Waals surface area contributed by atoms with Crippen LogP contribution in [0.25, 0.3) is 11.5 Å². The maximum atomic E-state index is 9.63. The first-order valence-electron chi connectivity index (χ1n) is 7.10. The molecule has 1 N–H and O–H groups in total. The van der Waals surface area contributed by atoms with Crippen LogP contribution in [0.1, 0.15) is 19.2 Å². The molecule has 0 spiro atoms. The number of aliphatic hydroxyl groups is 1. The van der Waals surface area contributed by atoms with Crippen molar-refractivity contribution < 1.29 is 9.52 Å². The molecule has 2 heterocycles. The van der Waals surface area contributed by atoms with Gasteiger partial charge in [0.15, 0.2) is 0 Å². The number of halogens is 1. The lowest BCUT2D eigenvalue weighted by atomic mass is 10.0. The van der Waals surface area contributed by atoms with Crippen LogP contribution in [-0.4, -0.2) is 39.4 Å². The molecule has 0 saturated carbocycles. The van der Waals surface area contributed by atoms with E-state index in [-0.39, 0.29) is 6.10 Å². The summed E-state index contributed by atoms with van der Waals surface area (Å²) in [5.41, 5.74) is 0.917. The number of hydrogen-bond donors (Lipinski definition) is 1. The number of rotatable bonds is 4. The molecule has 1 aromatic heterocycles. The van der Waals surface area contributed by atoms with Crippen LogP contribution < -0.4 is 0 Å². The molecule has 2 atom stereocenters. The third-order valence-electron chi connectivity index (χ3n) is 3.91. The molecule has 2 aromatic rings. The molecule has 1 aromatic carbocycles. The highest BCUT2D eigenvalue weighted by Crippen LogP contribution is 2.23. The van der Waals surface area contributed by atoms with E-state index in [1.807, 2.05) is 31.2 Å². The second-order valence-corrected chi connectivity index (χ2v) is 6.45. The fourth-order valence-corrected chi connectivity index (χ4v) is 2.88. The van der Waals surface area contributed by atoms with Crippen LogP contribution in [0.4, 0.5) is 0 Å². The first kappa shape index (κ1) is 14.7. The SMILES string of the molecule is CC(O)C1CCN(Cc2nnc(-c3ccc(Br)cc3)o2)C1. The van der Waals surface area contributed by atoms with Crippen molar-refractivity contribution in [1.82, 2.24) is 15.1 Å². The van der Waals surface area contributed by atoms with Gasteiger partial charge in [0.2, 0.25) is 11.8 Å². The number of aliphatic hydroxyl groups excluding tert-OH is 1. The molecule has 0 bridgehead atoms. The van der Waals surface area contributed by atoms with E-state index in [2.05, 4.69) is 31.0 Å². The van der Waals surface area contributed by atoms with Gasteiger partial charge in [0.25, 0.3) is 0 Å². The summed E-state index contributed by atoms with van der Waals surface area (Å²) in [6.07, 6.45) is 0.766. The normalized spacial score (nSPS) is 20.8. The van der Waals surface area contributed by atoms with Gasteiger partial charge in [0, 0.05) is 16.6 Å². The zero-order valence-electron chi connectivity index (χ0n) is 11.9. The molecule has 5 nitrogen and oxygen atoms in total. The van der Waals surface area contributed by atoms with Crippen molar-refractivity contribution in [3.8, 4) is 11.5 Å². The fraction of sp³-hybridized carbons (Fsp3) is 0.467. The highest BCUT2D eigenvalue weighted by molar-refractivity contribution is 9.10. The first-order valence-corrected chi connectivity index (χ1v) is 7.90. The minimum absolute atomic E-state index is 0.254. The number of aromatic nitrogens is 2. The van der Waals surface area contributed by atoms with Crippen molar-refractivity contribution >= 4 is 15.9 Å². The lowest BCUT2D eigenvalue weighted by molar-refractivity contribution is 0.126.